The molecule has 0 aromatic heterocycles. The Morgan fingerprint density at radius 3 is 2.31 bits per heavy atom. The van der Waals surface area contributed by atoms with Crippen molar-refractivity contribution in [2.75, 3.05) is 25.4 Å². The van der Waals surface area contributed by atoms with Gasteiger partial charge in [0.05, 0.1) is 0 Å². The first-order chi connectivity index (χ1) is 7.79. The summed E-state index contributed by atoms with van der Waals surface area (Å²) in [7, 11) is 0. The second kappa shape index (κ2) is 11.1. The van der Waals surface area contributed by atoms with E-state index in [0.717, 1.165) is 18.3 Å². The van der Waals surface area contributed by atoms with Gasteiger partial charge in [-0.2, -0.15) is 11.8 Å². The van der Waals surface area contributed by atoms with Crippen molar-refractivity contribution in [3.8, 4) is 0 Å². The highest BCUT2D eigenvalue weighted by atomic mass is 32.2. The Labute approximate surface area is 101 Å². The molecule has 0 rings (SSSR count). The van der Waals surface area contributed by atoms with Crippen LogP contribution in [0.1, 0.15) is 12.8 Å². The second-order valence-electron chi connectivity index (χ2n) is 3.35. The molecular formula is C10H21N3O2S. The lowest BCUT2D eigenvalue weighted by Crippen LogP contribution is -2.41. The van der Waals surface area contributed by atoms with Crippen molar-refractivity contribution in [1.29, 1.82) is 0 Å². The number of rotatable bonds is 11. The molecular weight excluding hydrogens is 226 g/mol. The van der Waals surface area contributed by atoms with Gasteiger partial charge in [-0.15, -0.1) is 0 Å². The summed E-state index contributed by atoms with van der Waals surface area (Å²) in [6.45, 7) is 1.74. The maximum Gasteiger partial charge on any atom is 0.121 e. The van der Waals surface area contributed by atoms with Crippen molar-refractivity contribution >= 4 is 24.3 Å². The average molecular weight is 247 g/mol. The number of hydrogen-bond donors (Lipinski definition) is 3. The molecule has 6 heteroatoms. The second-order valence-corrected chi connectivity index (χ2v) is 4.70. The number of thioether (sulfide) groups is 1. The highest BCUT2D eigenvalue weighted by Crippen LogP contribution is 2.18. The highest BCUT2D eigenvalue weighted by Gasteiger charge is 2.20. The van der Waals surface area contributed by atoms with E-state index in [9.17, 15) is 9.59 Å². The Balaban J connectivity index is 4.24. The van der Waals surface area contributed by atoms with E-state index < -0.39 is 0 Å². The molecule has 0 heterocycles. The van der Waals surface area contributed by atoms with Gasteiger partial charge in [0.15, 0.2) is 0 Å². The third-order valence-electron chi connectivity index (χ3n) is 2.13. The van der Waals surface area contributed by atoms with Crippen LogP contribution in [-0.2, 0) is 9.59 Å². The van der Waals surface area contributed by atoms with Gasteiger partial charge in [0, 0.05) is 49.5 Å². The molecule has 94 valence electrons. The summed E-state index contributed by atoms with van der Waals surface area (Å²) in [4.78, 5) is 21.1. The van der Waals surface area contributed by atoms with Crippen LogP contribution in [0.25, 0.3) is 0 Å². The van der Waals surface area contributed by atoms with Crippen molar-refractivity contribution in [2.45, 2.75) is 24.1 Å². The minimum absolute atomic E-state index is 0.00259. The summed E-state index contributed by atoms with van der Waals surface area (Å²) in [5.41, 5.74) is 10.8. The molecule has 0 radical (unpaired) electrons. The summed E-state index contributed by atoms with van der Waals surface area (Å²) in [5.74, 6) is 0.790. The monoisotopic (exact) mass is 247 g/mol. The van der Waals surface area contributed by atoms with Crippen LogP contribution in [0.15, 0.2) is 0 Å². The molecule has 0 spiro atoms. The predicted molar refractivity (Wildman–Crippen MR) is 67.5 cm³/mol. The Kier molecular flexibility index (Phi) is 10.8. The first-order valence-electron chi connectivity index (χ1n) is 5.42. The molecule has 0 saturated heterocycles. The molecule has 0 aliphatic carbocycles. The third-order valence-corrected chi connectivity index (χ3v) is 3.55. The zero-order valence-corrected chi connectivity index (χ0v) is 10.2. The number of carbonyl (C=O) groups excluding carboxylic acids is 2. The minimum Gasteiger partial charge on any atom is -0.330 e. The predicted octanol–water partition coefficient (Wildman–Crippen LogP) is -0.858. The fourth-order valence-corrected chi connectivity index (χ4v) is 2.49. The largest absolute Gasteiger partial charge is 0.330 e. The van der Waals surface area contributed by atoms with Crippen LogP contribution in [0.2, 0.25) is 0 Å². The van der Waals surface area contributed by atoms with E-state index in [4.69, 9.17) is 11.5 Å². The molecule has 0 aromatic carbocycles. The van der Waals surface area contributed by atoms with Gasteiger partial charge in [-0.1, -0.05) is 0 Å². The molecule has 0 aliphatic heterocycles. The maximum atomic E-state index is 10.6. The molecule has 0 aliphatic rings. The summed E-state index contributed by atoms with van der Waals surface area (Å²) in [6, 6.07) is 0.00259. The van der Waals surface area contributed by atoms with E-state index in [1.807, 2.05) is 0 Å². The zero-order valence-electron chi connectivity index (χ0n) is 9.43. The Hall–Kier alpha value is -0.430. The van der Waals surface area contributed by atoms with Gasteiger partial charge in [-0.25, -0.2) is 0 Å². The summed E-state index contributed by atoms with van der Waals surface area (Å²) in [6.07, 6.45) is 2.59. The van der Waals surface area contributed by atoms with Crippen LogP contribution >= 0.6 is 11.8 Å². The van der Waals surface area contributed by atoms with Crippen molar-refractivity contribution in [2.24, 2.45) is 11.5 Å². The third kappa shape index (κ3) is 6.95. The summed E-state index contributed by atoms with van der Waals surface area (Å²) >= 11 is 1.63. The first kappa shape index (κ1) is 15.6. The van der Waals surface area contributed by atoms with Crippen LogP contribution in [0.5, 0.6) is 0 Å². The number of carbonyl (C=O) groups is 2. The Morgan fingerprint density at radius 2 is 1.81 bits per heavy atom. The summed E-state index contributed by atoms with van der Waals surface area (Å²) in [5, 5.41) is 3.28. The number of nitrogens with two attached hydrogens (primary N) is 2. The van der Waals surface area contributed by atoms with Gasteiger partial charge < -0.3 is 26.4 Å². The number of nitrogens with one attached hydrogen (secondary N) is 1. The van der Waals surface area contributed by atoms with E-state index in [-0.39, 0.29) is 11.3 Å². The smallest absolute Gasteiger partial charge is 0.121 e. The van der Waals surface area contributed by atoms with Gasteiger partial charge in [-0.3, -0.25) is 0 Å². The van der Waals surface area contributed by atoms with Gasteiger partial charge in [0.25, 0.3) is 0 Å². The normalized spacial score (nSPS) is 14.4. The number of hydrogen-bond acceptors (Lipinski definition) is 6. The molecule has 0 amide bonds. The van der Waals surface area contributed by atoms with E-state index in [1.54, 1.807) is 11.8 Å². The molecule has 5 N–H and O–H groups in total. The van der Waals surface area contributed by atoms with E-state index in [0.29, 0.717) is 32.5 Å². The first-order valence-corrected chi connectivity index (χ1v) is 6.47. The van der Waals surface area contributed by atoms with Crippen molar-refractivity contribution in [1.82, 2.24) is 5.32 Å². The molecule has 0 bridgehead atoms. The lowest BCUT2D eigenvalue weighted by molar-refractivity contribution is -0.109. The van der Waals surface area contributed by atoms with Crippen molar-refractivity contribution in [3.63, 3.8) is 0 Å². The van der Waals surface area contributed by atoms with Crippen LogP contribution in [-0.4, -0.2) is 49.3 Å². The Morgan fingerprint density at radius 1 is 1.12 bits per heavy atom. The maximum absolute atomic E-state index is 10.6. The topological polar surface area (TPSA) is 98.2 Å². The minimum atomic E-state index is 0.00259. The van der Waals surface area contributed by atoms with Gasteiger partial charge in [0.1, 0.15) is 12.6 Å². The average Bonchev–Trinajstić information content (AvgIpc) is 2.30. The van der Waals surface area contributed by atoms with Crippen LogP contribution in [0, 0.1) is 0 Å². The standard InChI is InChI=1S/C10H21N3O2S/c11-3-5-13-9(1-6-14)10(2-7-15)16-8-4-12/h6-7,9-10,13H,1-5,8,11-12H2. The van der Waals surface area contributed by atoms with Crippen LogP contribution in [0.4, 0.5) is 0 Å². The quantitative estimate of drug-likeness (QED) is 0.411. The lowest BCUT2D eigenvalue weighted by Gasteiger charge is -2.24. The Bertz CT molecular complexity index is 173. The van der Waals surface area contributed by atoms with E-state index in [2.05, 4.69) is 5.32 Å². The molecule has 2 unspecified atom stereocenters. The SMILES string of the molecule is NCCNC(CC=O)C(CC=O)SCCN. The molecule has 5 nitrogen and oxygen atoms in total. The van der Waals surface area contributed by atoms with Crippen molar-refractivity contribution < 1.29 is 9.59 Å². The van der Waals surface area contributed by atoms with Gasteiger partial charge in [0.2, 0.25) is 0 Å². The van der Waals surface area contributed by atoms with Crippen LogP contribution in [0.3, 0.4) is 0 Å². The van der Waals surface area contributed by atoms with Gasteiger partial charge >= 0.3 is 0 Å². The number of aldehydes is 2. The fourth-order valence-electron chi connectivity index (χ4n) is 1.40. The molecule has 2 atom stereocenters. The summed E-state index contributed by atoms with van der Waals surface area (Å²) < 4.78 is 0. The van der Waals surface area contributed by atoms with E-state index in [1.165, 1.54) is 0 Å². The fraction of sp³-hybridized carbons (Fsp3) is 0.800. The highest BCUT2D eigenvalue weighted by molar-refractivity contribution is 8.00. The molecule has 0 fully saturated rings. The van der Waals surface area contributed by atoms with Crippen LogP contribution < -0.4 is 16.8 Å². The lowest BCUT2D eigenvalue weighted by atomic mass is 10.1. The van der Waals surface area contributed by atoms with Crippen molar-refractivity contribution in [3.05, 3.63) is 0 Å². The molecule has 16 heavy (non-hydrogen) atoms. The molecule has 0 saturated carbocycles. The van der Waals surface area contributed by atoms with E-state index >= 15 is 0 Å². The van der Waals surface area contributed by atoms with Gasteiger partial charge in [-0.05, 0) is 0 Å². The molecule has 0 aromatic rings. The zero-order chi connectivity index (χ0) is 12.2.